The van der Waals surface area contributed by atoms with Crippen molar-refractivity contribution in [3.05, 3.63) is 28.3 Å². The van der Waals surface area contributed by atoms with E-state index in [0.29, 0.717) is 31.7 Å². The summed E-state index contributed by atoms with van der Waals surface area (Å²) in [6, 6.07) is 3.48. The van der Waals surface area contributed by atoms with E-state index in [2.05, 4.69) is 5.32 Å². The van der Waals surface area contributed by atoms with E-state index in [1.807, 2.05) is 0 Å². The van der Waals surface area contributed by atoms with Crippen LogP contribution in [0.3, 0.4) is 0 Å². The molecule has 0 unspecified atom stereocenters. The lowest BCUT2D eigenvalue weighted by atomic mass is 9.97. The minimum atomic E-state index is -0.856. The van der Waals surface area contributed by atoms with Crippen molar-refractivity contribution >= 4 is 23.4 Å². The summed E-state index contributed by atoms with van der Waals surface area (Å²) in [5.74, 6) is -0.985. The van der Waals surface area contributed by atoms with E-state index in [4.69, 9.17) is 9.84 Å². The number of piperidine rings is 1. The highest BCUT2D eigenvalue weighted by molar-refractivity contribution is 5.91. The quantitative estimate of drug-likeness (QED) is 0.645. The number of benzene rings is 1. The fraction of sp³-hybridized carbons (Fsp3) is 0.429. The molecule has 1 aliphatic rings. The Bertz CT molecular complexity index is 625. The van der Waals surface area contributed by atoms with Gasteiger partial charge in [0.25, 0.3) is 5.69 Å². The number of carboxylic acids is 1. The number of nitro benzene ring substituents is 1. The molecule has 124 valence electrons. The van der Waals surface area contributed by atoms with E-state index >= 15 is 0 Å². The molecule has 0 radical (unpaired) electrons. The molecule has 0 atom stereocenters. The zero-order valence-electron chi connectivity index (χ0n) is 12.5. The summed E-state index contributed by atoms with van der Waals surface area (Å²) in [6.07, 6.45) is 0.768. The fourth-order valence-corrected chi connectivity index (χ4v) is 2.43. The topological polar surface area (TPSA) is 122 Å². The third kappa shape index (κ3) is 3.87. The first kappa shape index (κ1) is 16.5. The number of nitrogens with one attached hydrogen (secondary N) is 1. The van der Waals surface area contributed by atoms with Gasteiger partial charge in [-0.05, 0) is 18.9 Å². The first-order valence-corrected chi connectivity index (χ1v) is 7.03. The smallest absolute Gasteiger partial charge is 0.321 e. The summed E-state index contributed by atoms with van der Waals surface area (Å²) in [6.45, 7) is 0.639. The number of ether oxygens (including phenoxy) is 1. The maximum absolute atomic E-state index is 12.2. The van der Waals surface area contributed by atoms with Crippen LogP contribution in [-0.4, -0.2) is 47.1 Å². The molecule has 1 heterocycles. The van der Waals surface area contributed by atoms with Crippen molar-refractivity contribution in [2.45, 2.75) is 12.8 Å². The van der Waals surface area contributed by atoms with Gasteiger partial charge in [-0.1, -0.05) is 0 Å². The number of likely N-dealkylation sites (tertiary alicyclic amines) is 1. The van der Waals surface area contributed by atoms with Crippen molar-refractivity contribution in [2.24, 2.45) is 5.92 Å². The van der Waals surface area contributed by atoms with Crippen molar-refractivity contribution in [1.82, 2.24) is 4.90 Å². The molecule has 2 N–H and O–H groups in total. The molecule has 9 nitrogen and oxygen atoms in total. The van der Waals surface area contributed by atoms with Crippen molar-refractivity contribution in [3.8, 4) is 5.75 Å². The number of hydrogen-bond donors (Lipinski definition) is 2. The van der Waals surface area contributed by atoms with Crippen molar-refractivity contribution in [1.29, 1.82) is 0 Å². The van der Waals surface area contributed by atoms with Gasteiger partial charge in [0.2, 0.25) is 0 Å². The predicted octanol–water partition coefficient (Wildman–Crippen LogP) is 1.93. The molecule has 0 aromatic heterocycles. The molecule has 0 saturated carbocycles. The van der Waals surface area contributed by atoms with E-state index in [1.54, 1.807) is 0 Å². The molecular formula is C14H17N3O6. The second-order valence-electron chi connectivity index (χ2n) is 5.17. The SMILES string of the molecule is COc1ccc([N+](=O)[O-])cc1NC(=O)N1CCC(C(=O)O)CC1. The highest BCUT2D eigenvalue weighted by Gasteiger charge is 2.27. The summed E-state index contributed by atoms with van der Waals surface area (Å²) in [7, 11) is 1.40. The Hall–Kier alpha value is -2.84. The van der Waals surface area contributed by atoms with Crippen LogP contribution in [-0.2, 0) is 4.79 Å². The molecule has 1 saturated heterocycles. The van der Waals surface area contributed by atoms with Crippen LogP contribution >= 0.6 is 0 Å². The second kappa shape index (κ2) is 6.95. The molecule has 2 amide bonds. The molecular weight excluding hydrogens is 306 g/mol. The van der Waals surface area contributed by atoms with E-state index in [-0.39, 0.29) is 11.4 Å². The standard InChI is InChI=1S/C14H17N3O6/c1-23-12-3-2-10(17(21)22)8-11(12)15-14(20)16-6-4-9(5-7-16)13(18)19/h2-3,8-9H,4-7H2,1H3,(H,15,20)(H,18,19). The first-order valence-electron chi connectivity index (χ1n) is 7.03. The lowest BCUT2D eigenvalue weighted by Crippen LogP contribution is -2.42. The molecule has 0 bridgehead atoms. The second-order valence-corrected chi connectivity index (χ2v) is 5.17. The zero-order valence-corrected chi connectivity index (χ0v) is 12.5. The lowest BCUT2D eigenvalue weighted by Gasteiger charge is -2.30. The molecule has 9 heteroatoms. The van der Waals surface area contributed by atoms with Gasteiger partial charge < -0.3 is 20.1 Å². The number of carbonyl (C=O) groups excluding carboxylic acids is 1. The Labute approximate surface area is 132 Å². The minimum Gasteiger partial charge on any atom is -0.495 e. The van der Waals surface area contributed by atoms with Crippen molar-refractivity contribution in [2.75, 3.05) is 25.5 Å². The van der Waals surface area contributed by atoms with E-state index in [1.165, 1.54) is 30.2 Å². The largest absolute Gasteiger partial charge is 0.495 e. The van der Waals surface area contributed by atoms with Gasteiger partial charge in [-0.3, -0.25) is 14.9 Å². The third-order valence-electron chi connectivity index (χ3n) is 3.77. The van der Waals surface area contributed by atoms with Crippen LogP contribution in [0.2, 0.25) is 0 Å². The minimum absolute atomic E-state index is 0.161. The van der Waals surface area contributed by atoms with Crippen molar-refractivity contribution in [3.63, 3.8) is 0 Å². The maximum atomic E-state index is 12.2. The van der Waals surface area contributed by atoms with Gasteiger partial charge in [0.1, 0.15) is 5.75 Å². The Balaban J connectivity index is 2.07. The number of amides is 2. The van der Waals surface area contributed by atoms with Gasteiger partial charge in [0.15, 0.2) is 0 Å². The molecule has 23 heavy (non-hydrogen) atoms. The average Bonchev–Trinajstić information content (AvgIpc) is 2.54. The summed E-state index contributed by atoms with van der Waals surface area (Å²) >= 11 is 0. The molecule has 2 rings (SSSR count). The number of anilines is 1. The molecule has 1 aliphatic heterocycles. The molecule has 0 spiro atoms. The van der Waals surface area contributed by atoms with Gasteiger partial charge in [0.05, 0.1) is 23.6 Å². The molecule has 1 aromatic carbocycles. The molecule has 0 aliphatic carbocycles. The van der Waals surface area contributed by atoms with Crippen LogP contribution in [0.15, 0.2) is 18.2 Å². The normalized spacial score (nSPS) is 15.1. The summed E-state index contributed by atoms with van der Waals surface area (Å²) in [5, 5.41) is 22.4. The lowest BCUT2D eigenvalue weighted by molar-refractivity contribution is -0.384. The van der Waals surface area contributed by atoms with Crippen LogP contribution in [0.25, 0.3) is 0 Å². The zero-order chi connectivity index (χ0) is 17.0. The van der Waals surface area contributed by atoms with Crippen LogP contribution in [0, 0.1) is 16.0 Å². The molecule has 1 fully saturated rings. The van der Waals surface area contributed by atoms with Crippen LogP contribution in [0.4, 0.5) is 16.2 Å². The number of aliphatic carboxylic acids is 1. The van der Waals surface area contributed by atoms with Crippen LogP contribution in [0.1, 0.15) is 12.8 Å². The Morgan fingerprint density at radius 3 is 2.57 bits per heavy atom. The van der Waals surface area contributed by atoms with Crippen molar-refractivity contribution < 1.29 is 24.4 Å². The monoisotopic (exact) mass is 323 g/mol. The average molecular weight is 323 g/mol. The molecule has 1 aromatic rings. The van der Waals surface area contributed by atoms with Gasteiger partial charge in [-0.15, -0.1) is 0 Å². The number of methoxy groups -OCH3 is 1. The van der Waals surface area contributed by atoms with Crippen LogP contribution in [0.5, 0.6) is 5.75 Å². The van der Waals surface area contributed by atoms with Crippen LogP contribution < -0.4 is 10.1 Å². The number of hydrogen-bond acceptors (Lipinski definition) is 5. The number of nitro groups is 1. The summed E-state index contributed by atoms with van der Waals surface area (Å²) in [4.78, 5) is 34.9. The number of rotatable bonds is 4. The Morgan fingerprint density at radius 2 is 2.04 bits per heavy atom. The summed E-state index contributed by atoms with van der Waals surface area (Å²) < 4.78 is 5.08. The third-order valence-corrected chi connectivity index (χ3v) is 3.77. The number of carbonyl (C=O) groups is 2. The van der Waals surface area contributed by atoms with E-state index in [9.17, 15) is 19.7 Å². The number of carboxylic acid groups (broad SMARTS) is 1. The number of nitrogens with zero attached hydrogens (tertiary/aromatic N) is 2. The summed E-state index contributed by atoms with van der Waals surface area (Å²) in [5.41, 5.74) is 0.0396. The fourth-order valence-electron chi connectivity index (χ4n) is 2.43. The van der Waals surface area contributed by atoms with Gasteiger partial charge in [-0.25, -0.2) is 4.79 Å². The predicted molar refractivity (Wildman–Crippen MR) is 80.6 cm³/mol. The Morgan fingerprint density at radius 1 is 1.39 bits per heavy atom. The van der Waals surface area contributed by atoms with Gasteiger partial charge in [0, 0.05) is 25.2 Å². The van der Waals surface area contributed by atoms with Gasteiger partial charge in [-0.2, -0.15) is 0 Å². The Kier molecular flexibility index (Phi) is 4.99. The number of non-ortho nitro benzene ring substituents is 1. The van der Waals surface area contributed by atoms with E-state index in [0.717, 1.165) is 0 Å². The first-order chi connectivity index (χ1) is 10.9. The maximum Gasteiger partial charge on any atom is 0.321 e. The highest BCUT2D eigenvalue weighted by Crippen LogP contribution is 2.29. The number of urea groups is 1. The van der Waals surface area contributed by atoms with Gasteiger partial charge >= 0.3 is 12.0 Å². The van der Waals surface area contributed by atoms with E-state index < -0.39 is 22.8 Å². The highest BCUT2D eigenvalue weighted by atomic mass is 16.6.